The average Bonchev–Trinajstić information content (AvgIpc) is 2.84. The Hall–Kier alpha value is -2.09. The predicted octanol–water partition coefficient (Wildman–Crippen LogP) is 1.17. The number of aryl methyl sites for hydroxylation is 1. The van der Waals surface area contributed by atoms with Gasteiger partial charge >= 0.3 is 5.91 Å². The van der Waals surface area contributed by atoms with E-state index in [0.717, 1.165) is 36.8 Å². The van der Waals surface area contributed by atoms with Crippen LogP contribution in [0.4, 0.5) is 0 Å². The molecule has 2 unspecified atom stereocenters. The summed E-state index contributed by atoms with van der Waals surface area (Å²) in [5.74, 6) is -1.65. The molecule has 3 amide bonds. The lowest BCUT2D eigenvalue weighted by Crippen LogP contribution is -2.60. The lowest BCUT2D eigenvalue weighted by Gasteiger charge is -2.42. The Balaban J connectivity index is 1.82. The summed E-state index contributed by atoms with van der Waals surface area (Å²) >= 11 is 0. The van der Waals surface area contributed by atoms with Crippen molar-refractivity contribution in [3.05, 3.63) is 40.1 Å². The smallest absolute Gasteiger partial charge is 0.347 e. The van der Waals surface area contributed by atoms with Crippen molar-refractivity contribution in [1.82, 2.24) is 5.32 Å². The second-order valence-corrected chi connectivity index (χ2v) is 6.70. The lowest BCUT2D eigenvalue weighted by molar-refractivity contribution is -0.825. The van der Waals surface area contributed by atoms with Gasteiger partial charge in [-0.05, 0) is 30.9 Å². The van der Waals surface area contributed by atoms with Crippen LogP contribution < -0.4 is 5.32 Å². The molecule has 25 heavy (non-hydrogen) atoms. The van der Waals surface area contributed by atoms with Gasteiger partial charge in [0.25, 0.3) is 5.91 Å². The highest BCUT2D eigenvalue weighted by Gasteiger charge is 2.49. The number of rotatable bonds is 6. The van der Waals surface area contributed by atoms with Crippen LogP contribution in [0.3, 0.4) is 0 Å². The molecule has 0 radical (unpaired) electrons. The van der Waals surface area contributed by atoms with Gasteiger partial charge in [0.2, 0.25) is 5.91 Å². The maximum atomic E-state index is 13.3. The van der Waals surface area contributed by atoms with E-state index in [9.17, 15) is 19.6 Å². The van der Waals surface area contributed by atoms with E-state index in [1.807, 2.05) is 6.07 Å². The Morgan fingerprint density at radius 2 is 2.00 bits per heavy atom. The number of nitrogens with zero attached hydrogens (tertiary/aromatic N) is 1. The van der Waals surface area contributed by atoms with Gasteiger partial charge < -0.3 is 10.3 Å². The van der Waals surface area contributed by atoms with E-state index in [1.54, 1.807) is 12.1 Å². The zero-order valence-corrected chi connectivity index (χ0v) is 14.0. The number of aliphatic hydroxyl groups is 1. The van der Waals surface area contributed by atoms with Crippen molar-refractivity contribution >= 4 is 17.7 Å². The molecule has 0 aromatic heterocycles. The van der Waals surface area contributed by atoms with E-state index in [0.29, 0.717) is 5.56 Å². The van der Waals surface area contributed by atoms with Crippen LogP contribution in [0.1, 0.15) is 53.6 Å². The quantitative estimate of drug-likeness (QED) is 0.348. The van der Waals surface area contributed by atoms with Gasteiger partial charge in [-0.3, -0.25) is 19.6 Å². The van der Waals surface area contributed by atoms with Crippen molar-refractivity contribution in [1.29, 1.82) is 0 Å². The number of carbonyl (C=O) groups is 3. The normalized spacial score (nSPS) is 25.8. The summed E-state index contributed by atoms with van der Waals surface area (Å²) in [5.41, 5.74) is 2.06. The topological polar surface area (TPSA) is 107 Å². The molecule has 7 heteroatoms. The second kappa shape index (κ2) is 7.03. The van der Waals surface area contributed by atoms with Gasteiger partial charge in [-0.15, -0.1) is 0 Å². The first kappa shape index (κ1) is 17.7. The third-order valence-corrected chi connectivity index (χ3v) is 5.06. The van der Waals surface area contributed by atoms with Crippen molar-refractivity contribution in [3.63, 3.8) is 0 Å². The number of unbranched alkanes of at least 4 members (excludes halogenated alkanes) is 2. The molecule has 2 aliphatic heterocycles. The summed E-state index contributed by atoms with van der Waals surface area (Å²) in [6.07, 6.45) is 3.37. The molecule has 2 heterocycles. The second-order valence-electron chi connectivity index (χ2n) is 6.70. The maximum absolute atomic E-state index is 13.3. The molecule has 1 saturated heterocycles. The number of piperidine rings is 1. The molecule has 3 rings (SSSR count). The fraction of sp³-hybridized carbons (Fsp3) is 0.500. The Kier molecular flexibility index (Phi) is 4.99. The molecule has 0 aliphatic carbocycles. The van der Waals surface area contributed by atoms with Gasteiger partial charge in [-0.2, -0.15) is 0 Å². The number of hydroxylamine groups is 3. The zero-order chi connectivity index (χ0) is 18.0. The largest absolute Gasteiger partial charge is 0.624 e. The molecular weight excluding hydrogens is 324 g/mol. The van der Waals surface area contributed by atoms with Gasteiger partial charge in [0, 0.05) is 25.0 Å². The van der Waals surface area contributed by atoms with Crippen molar-refractivity contribution in [3.8, 4) is 0 Å². The van der Waals surface area contributed by atoms with E-state index < -0.39 is 28.4 Å². The van der Waals surface area contributed by atoms with Crippen LogP contribution in [0.15, 0.2) is 18.2 Å². The Labute approximate surface area is 145 Å². The molecule has 7 nitrogen and oxygen atoms in total. The van der Waals surface area contributed by atoms with E-state index in [1.165, 1.54) is 0 Å². The number of quaternary nitrogens is 1. The molecule has 2 aliphatic rings. The van der Waals surface area contributed by atoms with Gasteiger partial charge in [0.15, 0.2) is 6.04 Å². The van der Waals surface area contributed by atoms with Gasteiger partial charge in [-0.25, -0.2) is 4.79 Å². The first-order valence-corrected chi connectivity index (χ1v) is 8.66. The number of benzene rings is 1. The van der Waals surface area contributed by atoms with E-state index in [4.69, 9.17) is 5.11 Å². The van der Waals surface area contributed by atoms with Crippen LogP contribution in [0, 0.1) is 5.21 Å². The molecule has 1 aromatic carbocycles. The predicted molar refractivity (Wildman–Crippen MR) is 88.9 cm³/mol. The van der Waals surface area contributed by atoms with Crippen LogP contribution in [0.5, 0.6) is 0 Å². The van der Waals surface area contributed by atoms with Gasteiger partial charge in [0.1, 0.15) is 6.54 Å². The Morgan fingerprint density at radius 3 is 2.72 bits per heavy atom. The summed E-state index contributed by atoms with van der Waals surface area (Å²) in [7, 11) is 0. The third-order valence-electron chi connectivity index (χ3n) is 5.06. The molecular formula is C18H22N2O5. The van der Waals surface area contributed by atoms with Crippen molar-refractivity contribution in [2.75, 3.05) is 6.61 Å². The summed E-state index contributed by atoms with van der Waals surface area (Å²) in [5, 5.41) is 24.3. The van der Waals surface area contributed by atoms with E-state index >= 15 is 0 Å². The number of hydrogen-bond donors (Lipinski definition) is 2. The van der Waals surface area contributed by atoms with Crippen LogP contribution in [-0.4, -0.2) is 40.1 Å². The molecule has 2 N–H and O–H groups in total. The van der Waals surface area contributed by atoms with Crippen molar-refractivity contribution < 1.29 is 24.1 Å². The first-order chi connectivity index (χ1) is 12.0. The monoisotopic (exact) mass is 346 g/mol. The van der Waals surface area contributed by atoms with Gasteiger partial charge in [-0.1, -0.05) is 18.6 Å². The van der Waals surface area contributed by atoms with Crippen LogP contribution in [0.25, 0.3) is 0 Å². The zero-order valence-electron chi connectivity index (χ0n) is 14.0. The molecule has 1 fully saturated rings. The molecule has 1 aromatic rings. The lowest BCUT2D eigenvalue weighted by atomic mass is 9.98. The number of imide groups is 1. The molecule has 0 bridgehead atoms. The summed E-state index contributed by atoms with van der Waals surface area (Å²) in [4.78, 5) is 36.2. The number of carbonyl (C=O) groups excluding carboxylic acids is 3. The van der Waals surface area contributed by atoms with Crippen LogP contribution in [-0.2, 0) is 22.6 Å². The minimum absolute atomic E-state index is 0.0589. The summed E-state index contributed by atoms with van der Waals surface area (Å²) in [6, 6.07) is 4.24. The maximum Gasteiger partial charge on any atom is 0.347 e. The minimum atomic E-state index is -1.23. The standard InChI is InChI=1S/C18H22N2O5/c21-10-3-1-2-5-12-6-4-7-13-14(12)11-20(25,18(13)24)15-8-9-16(22)19-17(15)23/h4,6-7,15,21H,1-3,5,8-11H2,(H,19,22,23). The number of hydrogen-bond acceptors (Lipinski definition) is 5. The number of amides is 3. The SMILES string of the molecule is O=C1CCC([N+]2([O-])Cc3c(CCCCCO)cccc3C2=O)C(=O)N1. The average molecular weight is 346 g/mol. The van der Waals surface area contributed by atoms with E-state index in [-0.39, 0.29) is 26.0 Å². The number of fused-ring (bicyclic) bond motifs is 1. The highest BCUT2D eigenvalue weighted by molar-refractivity contribution is 6.02. The van der Waals surface area contributed by atoms with Crippen molar-refractivity contribution in [2.45, 2.75) is 51.1 Å². The Bertz CT molecular complexity index is 717. The highest BCUT2D eigenvalue weighted by Crippen LogP contribution is 2.36. The Morgan fingerprint density at radius 1 is 1.20 bits per heavy atom. The van der Waals surface area contributed by atoms with Crippen LogP contribution in [0.2, 0.25) is 0 Å². The molecule has 0 spiro atoms. The molecule has 2 atom stereocenters. The van der Waals surface area contributed by atoms with E-state index in [2.05, 4.69) is 5.32 Å². The number of nitrogens with one attached hydrogen (secondary N) is 1. The molecule has 134 valence electrons. The molecule has 0 saturated carbocycles. The fourth-order valence-electron chi connectivity index (χ4n) is 3.70. The fourth-order valence-corrected chi connectivity index (χ4v) is 3.70. The van der Waals surface area contributed by atoms with Gasteiger partial charge in [0.05, 0.1) is 5.56 Å². The van der Waals surface area contributed by atoms with Crippen molar-refractivity contribution in [2.24, 2.45) is 0 Å². The summed E-state index contributed by atoms with van der Waals surface area (Å²) < 4.78 is -1.23. The first-order valence-electron chi connectivity index (χ1n) is 8.66. The highest BCUT2D eigenvalue weighted by atomic mass is 16.6. The minimum Gasteiger partial charge on any atom is -0.624 e. The summed E-state index contributed by atoms with van der Waals surface area (Å²) in [6.45, 7) is 0.0953. The third kappa shape index (κ3) is 3.22. The number of aliphatic hydroxyl groups excluding tert-OH is 1. The van der Waals surface area contributed by atoms with Crippen LogP contribution >= 0.6 is 0 Å².